The van der Waals surface area contributed by atoms with Gasteiger partial charge < -0.3 is 15.4 Å². The number of rotatable bonds is 6. The summed E-state index contributed by atoms with van der Waals surface area (Å²) in [5.74, 6) is -0.346. The topological polar surface area (TPSA) is 67.4 Å². The standard InChI is InChI=1S/C18H19ClN2O3S/c19-14-2-1-3-15(8-14)21-18(23)13-7-16(24-10-13)9-20-17(22)6-12-4-5-25-11-12/h1-5,8,11,13,16H,6-7,9-10H2,(H,20,22)(H,21,23)/t13-,16-/m0/s1. The fourth-order valence-corrected chi connectivity index (χ4v) is 3.57. The van der Waals surface area contributed by atoms with Gasteiger partial charge in [0, 0.05) is 17.3 Å². The van der Waals surface area contributed by atoms with Crippen LogP contribution in [0.4, 0.5) is 5.69 Å². The van der Waals surface area contributed by atoms with Crippen molar-refractivity contribution < 1.29 is 14.3 Å². The van der Waals surface area contributed by atoms with Crippen molar-refractivity contribution in [3.63, 3.8) is 0 Å². The molecule has 1 aromatic carbocycles. The Hall–Kier alpha value is -1.89. The predicted molar refractivity (Wildman–Crippen MR) is 99.0 cm³/mol. The molecule has 0 radical (unpaired) electrons. The number of amides is 2. The van der Waals surface area contributed by atoms with Crippen LogP contribution < -0.4 is 10.6 Å². The first-order chi connectivity index (χ1) is 12.1. The number of ether oxygens (including phenoxy) is 1. The molecule has 5 nitrogen and oxygen atoms in total. The minimum Gasteiger partial charge on any atom is -0.376 e. The Morgan fingerprint density at radius 3 is 2.96 bits per heavy atom. The molecule has 0 aliphatic carbocycles. The molecule has 2 atom stereocenters. The number of carbonyl (C=O) groups excluding carboxylic acids is 2. The van der Waals surface area contributed by atoms with Crippen LogP contribution >= 0.6 is 22.9 Å². The second kappa shape index (κ2) is 8.47. The van der Waals surface area contributed by atoms with Crippen LogP contribution in [0, 0.1) is 5.92 Å². The molecule has 0 unspecified atom stereocenters. The number of carbonyl (C=O) groups is 2. The molecule has 1 fully saturated rings. The highest BCUT2D eigenvalue weighted by Gasteiger charge is 2.31. The maximum atomic E-state index is 12.3. The Kier molecular flexibility index (Phi) is 6.07. The SMILES string of the molecule is O=C(Cc1ccsc1)NC[C@@H]1C[C@H](C(=O)Nc2cccc(Cl)c2)CO1. The van der Waals surface area contributed by atoms with Crippen molar-refractivity contribution in [3.8, 4) is 0 Å². The van der Waals surface area contributed by atoms with Crippen LogP contribution in [-0.2, 0) is 20.7 Å². The van der Waals surface area contributed by atoms with E-state index in [4.69, 9.17) is 16.3 Å². The van der Waals surface area contributed by atoms with Gasteiger partial charge in [0.15, 0.2) is 0 Å². The second-order valence-electron chi connectivity index (χ2n) is 6.00. The third kappa shape index (κ3) is 5.29. The molecule has 7 heteroatoms. The van der Waals surface area contributed by atoms with Gasteiger partial charge in [-0.25, -0.2) is 0 Å². The Balaban J connectivity index is 1.42. The van der Waals surface area contributed by atoms with Crippen molar-refractivity contribution in [1.82, 2.24) is 5.32 Å². The van der Waals surface area contributed by atoms with Crippen molar-refractivity contribution in [3.05, 3.63) is 51.7 Å². The molecule has 0 saturated carbocycles. The van der Waals surface area contributed by atoms with Gasteiger partial charge in [-0.3, -0.25) is 9.59 Å². The summed E-state index contributed by atoms with van der Waals surface area (Å²) in [5, 5.41) is 10.2. The van der Waals surface area contributed by atoms with E-state index in [1.165, 1.54) is 0 Å². The van der Waals surface area contributed by atoms with E-state index in [1.807, 2.05) is 16.8 Å². The lowest BCUT2D eigenvalue weighted by Gasteiger charge is -2.11. The number of halogens is 1. The van der Waals surface area contributed by atoms with Gasteiger partial charge >= 0.3 is 0 Å². The van der Waals surface area contributed by atoms with Gasteiger partial charge in [0.2, 0.25) is 11.8 Å². The molecule has 2 amide bonds. The normalized spacial score (nSPS) is 19.6. The molecule has 3 rings (SSSR count). The first-order valence-corrected chi connectivity index (χ1v) is 9.38. The highest BCUT2D eigenvalue weighted by atomic mass is 35.5. The Bertz CT molecular complexity index is 736. The molecule has 0 spiro atoms. The van der Waals surface area contributed by atoms with Crippen molar-refractivity contribution in [2.24, 2.45) is 5.92 Å². The fraction of sp³-hybridized carbons (Fsp3) is 0.333. The molecule has 132 valence electrons. The molecule has 1 aliphatic heterocycles. The van der Waals surface area contributed by atoms with Crippen LogP contribution in [0.5, 0.6) is 0 Å². The summed E-state index contributed by atoms with van der Waals surface area (Å²) in [6.45, 7) is 0.779. The van der Waals surface area contributed by atoms with E-state index in [1.54, 1.807) is 35.6 Å². The molecular formula is C18H19ClN2O3S. The van der Waals surface area contributed by atoms with Crippen molar-refractivity contribution >= 4 is 40.4 Å². The third-order valence-electron chi connectivity index (χ3n) is 4.02. The summed E-state index contributed by atoms with van der Waals surface area (Å²) < 4.78 is 5.63. The number of hydrogen-bond acceptors (Lipinski definition) is 4. The zero-order chi connectivity index (χ0) is 17.6. The largest absolute Gasteiger partial charge is 0.376 e. The average molecular weight is 379 g/mol. The number of thiophene rings is 1. The van der Waals surface area contributed by atoms with Crippen LogP contribution in [0.3, 0.4) is 0 Å². The number of hydrogen-bond donors (Lipinski definition) is 2. The summed E-state index contributed by atoms with van der Waals surface area (Å²) >= 11 is 7.49. The third-order valence-corrected chi connectivity index (χ3v) is 4.98. The van der Waals surface area contributed by atoms with E-state index in [2.05, 4.69) is 10.6 Å². The van der Waals surface area contributed by atoms with Crippen LogP contribution in [0.15, 0.2) is 41.1 Å². The minimum absolute atomic E-state index is 0.0335. The maximum absolute atomic E-state index is 12.3. The summed E-state index contributed by atoms with van der Waals surface area (Å²) in [7, 11) is 0. The first-order valence-electron chi connectivity index (χ1n) is 8.06. The smallest absolute Gasteiger partial charge is 0.229 e. The highest BCUT2D eigenvalue weighted by molar-refractivity contribution is 7.08. The quantitative estimate of drug-likeness (QED) is 0.811. The van der Waals surface area contributed by atoms with Crippen molar-refractivity contribution in [2.45, 2.75) is 18.9 Å². The van der Waals surface area contributed by atoms with Crippen molar-refractivity contribution in [2.75, 3.05) is 18.5 Å². The lowest BCUT2D eigenvalue weighted by atomic mass is 10.0. The van der Waals surface area contributed by atoms with E-state index >= 15 is 0 Å². The second-order valence-corrected chi connectivity index (χ2v) is 7.22. The molecule has 1 aliphatic rings. The van der Waals surface area contributed by atoms with E-state index in [0.29, 0.717) is 36.7 Å². The summed E-state index contributed by atoms with van der Waals surface area (Å²) in [6.07, 6.45) is 0.821. The summed E-state index contributed by atoms with van der Waals surface area (Å²) in [5.41, 5.74) is 1.68. The van der Waals surface area contributed by atoms with Gasteiger partial charge in [-0.05, 0) is 47.0 Å². The monoisotopic (exact) mass is 378 g/mol. The number of benzene rings is 1. The van der Waals surface area contributed by atoms with Gasteiger partial charge in [0.25, 0.3) is 0 Å². The average Bonchev–Trinajstić information content (AvgIpc) is 3.24. The van der Waals surface area contributed by atoms with Gasteiger partial charge in [-0.1, -0.05) is 17.7 Å². The van der Waals surface area contributed by atoms with Gasteiger partial charge in [0.1, 0.15) is 0 Å². The number of nitrogens with one attached hydrogen (secondary N) is 2. The predicted octanol–water partition coefficient (Wildman–Crippen LogP) is 3.10. The van der Waals surface area contributed by atoms with Crippen LogP contribution in [-0.4, -0.2) is 31.1 Å². The molecule has 2 aromatic rings. The van der Waals surface area contributed by atoms with Gasteiger partial charge in [0.05, 0.1) is 25.0 Å². The van der Waals surface area contributed by atoms with E-state index in [0.717, 1.165) is 5.56 Å². The summed E-state index contributed by atoms with van der Waals surface area (Å²) in [4.78, 5) is 24.2. The molecule has 1 saturated heterocycles. The van der Waals surface area contributed by atoms with E-state index in [9.17, 15) is 9.59 Å². The Morgan fingerprint density at radius 2 is 2.20 bits per heavy atom. The highest BCUT2D eigenvalue weighted by Crippen LogP contribution is 2.22. The van der Waals surface area contributed by atoms with Crippen LogP contribution in [0.1, 0.15) is 12.0 Å². The maximum Gasteiger partial charge on any atom is 0.229 e. The molecular weight excluding hydrogens is 360 g/mol. The zero-order valence-electron chi connectivity index (χ0n) is 13.5. The molecule has 0 bridgehead atoms. The van der Waals surface area contributed by atoms with Crippen molar-refractivity contribution in [1.29, 1.82) is 0 Å². The van der Waals surface area contributed by atoms with E-state index < -0.39 is 0 Å². The van der Waals surface area contributed by atoms with Crippen LogP contribution in [0.2, 0.25) is 5.02 Å². The van der Waals surface area contributed by atoms with Gasteiger partial charge in [-0.2, -0.15) is 11.3 Å². The zero-order valence-corrected chi connectivity index (χ0v) is 15.1. The minimum atomic E-state index is -0.224. The Labute approximate surface area is 155 Å². The van der Waals surface area contributed by atoms with E-state index in [-0.39, 0.29) is 23.8 Å². The molecule has 2 N–H and O–H groups in total. The molecule has 1 aromatic heterocycles. The Morgan fingerprint density at radius 1 is 1.32 bits per heavy atom. The van der Waals surface area contributed by atoms with Crippen LogP contribution in [0.25, 0.3) is 0 Å². The molecule has 25 heavy (non-hydrogen) atoms. The van der Waals surface area contributed by atoms with Gasteiger partial charge in [-0.15, -0.1) is 0 Å². The number of anilines is 1. The lowest BCUT2D eigenvalue weighted by Crippen LogP contribution is -2.33. The first kappa shape index (κ1) is 17.9. The fourth-order valence-electron chi connectivity index (χ4n) is 2.71. The summed E-state index contributed by atoms with van der Waals surface area (Å²) in [6, 6.07) is 8.98. The lowest BCUT2D eigenvalue weighted by molar-refractivity contribution is -0.121. The molecule has 2 heterocycles.